The third-order valence-electron chi connectivity index (χ3n) is 3.46. The molecule has 0 spiro atoms. The number of rotatable bonds is 4. The smallest absolute Gasteiger partial charge is 0.335 e. The number of anilines is 1. The van der Waals surface area contributed by atoms with Crippen LogP contribution in [0.15, 0.2) is 47.4 Å². The molecule has 8 heteroatoms. The number of sulfonamides is 1. The number of carboxylic acid groups (broad SMARTS) is 1. The van der Waals surface area contributed by atoms with Gasteiger partial charge in [0.25, 0.3) is 15.9 Å². The maximum absolute atomic E-state index is 12.3. The van der Waals surface area contributed by atoms with Crippen LogP contribution in [0, 0.1) is 0 Å². The van der Waals surface area contributed by atoms with E-state index in [9.17, 15) is 18.0 Å². The SMILES string of the molecule is O=C(O)c1ccc(S(=O)(=O)Nc2ccc3c(c2)C(=O)NC3)cc1. The van der Waals surface area contributed by atoms with Crippen LogP contribution >= 0.6 is 0 Å². The number of hydrogen-bond donors (Lipinski definition) is 3. The summed E-state index contributed by atoms with van der Waals surface area (Å²) in [5.41, 5.74) is 1.51. The van der Waals surface area contributed by atoms with Crippen molar-refractivity contribution in [2.45, 2.75) is 11.4 Å². The van der Waals surface area contributed by atoms with E-state index in [0.29, 0.717) is 12.1 Å². The summed E-state index contributed by atoms with van der Waals surface area (Å²) < 4.78 is 27.0. The third-order valence-corrected chi connectivity index (χ3v) is 4.85. The number of hydrogen-bond acceptors (Lipinski definition) is 4. The molecule has 1 heterocycles. The number of carbonyl (C=O) groups excluding carboxylic acids is 1. The highest BCUT2D eigenvalue weighted by molar-refractivity contribution is 7.92. The van der Waals surface area contributed by atoms with Crippen molar-refractivity contribution in [3.63, 3.8) is 0 Å². The highest BCUT2D eigenvalue weighted by Gasteiger charge is 2.21. The zero-order chi connectivity index (χ0) is 16.6. The average molecular weight is 332 g/mol. The molecule has 0 unspecified atom stereocenters. The second-order valence-electron chi connectivity index (χ2n) is 4.99. The molecule has 3 N–H and O–H groups in total. The van der Waals surface area contributed by atoms with Gasteiger partial charge in [-0.05, 0) is 42.0 Å². The topological polar surface area (TPSA) is 113 Å². The fourth-order valence-electron chi connectivity index (χ4n) is 2.27. The van der Waals surface area contributed by atoms with Gasteiger partial charge in [0.1, 0.15) is 0 Å². The Labute approximate surface area is 132 Å². The van der Waals surface area contributed by atoms with Crippen LogP contribution in [0.2, 0.25) is 0 Å². The molecule has 118 valence electrons. The molecule has 0 radical (unpaired) electrons. The molecule has 23 heavy (non-hydrogen) atoms. The number of nitrogens with one attached hydrogen (secondary N) is 2. The van der Waals surface area contributed by atoms with Crippen molar-refractivity contribution in [1.82, 2.24) is 5.32 Å². The van der Waals surface area contributed by atoms with Gasteiger partial charge in [-0.15, -0.1) is 0 Å². The first-order valence-corrected chi connectivity index (χ1v) is 8.12. The van der Waals surface area contributed by atoms with Crippen LogP contribution in [-0.4, -0.2) is 25.4 Å². The Hall–Kier alpha value is -2.87. The van der Waals surface area contributed by atoms with E-state index in [1.165, 1.54) is 30.3 Å². The van der Waals surface area contributed by atoms with E-state index in [-0.39, 0.29) is 22.1 Å². The summed E-state index contributed by atoms with van der Waals surface area (Å²) in [6, 6.07) is 9.58. The monoisotopic (exact) mass is 332 g/mol. The molecule has 1 aliphatic rings. The van der Waals surface area contributed by atoms with E-state index in [2.05, 4.69) is 10.0 Å². The molecule has 0 atom stereocenters. The number of benzene rings is 2. The fourth-order valence-corrected chi connectivity index (χ4v) is 3.32. The lowest BCUT2D eigenvalue weighted by atomic mass is 10.1. The first kappa shape index (κ1) is 15.0. The second kappa shape index (κ2) is 5.40. The first-order chi connectivity index (χ1) is 10.9. The lowest BCUT2D eigenvalue weighted by Crippen LogP contribution is -2.14. The molecule has 3 rings (SSSR count). The normalized spacial score (nSPS) is 13.3. The fraction of sp³-hybridized carbons (Fsp3) is 0.0667. The minimum Gasteiger partial charge on any atom is -0.478 e. The van der Waals surface area contributed by atoms with Gasteiger partial charge in [0.2, 0.25) is 0 Å². The summed E-state index contributed by atoms with van der Waals surface area (Å²) in [6.45, 7) is 0.428. The van der Waals surface area contributed by atoms with Crippen LogP contribution < -0.4 is 10.0 Å². The molecule has 7 nitrogen and oxygen atoms in total. The maximum atomic E-state index is 12.3. The van der Waals surface area contributed by atoms with Crippen LogP contribution in [0.5, 0.6) is 0 Å². The lowest BCUT2D eigenvalue weighted by molar-refractivity contribution is 0.0696. The summed E-state index contributed by atoms with van der Waals surface area (Å²) >= 11 is 0. The van der Waals surface area contributed by atoms with Crippen LogP contribution in [0.1, 0.15) is 26.3 Å². The van der Waals surface area contributed by atoms with Gasteiger partial charge in [-0.1, -0.05) is 6.07 Å². The first-order valence-electron chi connectivity index (χ1n) is 6.64. The second-order valence-corrected chi connectivity index (χ2v) is 6.67. The number of carboxylic acids is 1. The quantitative estimate of drug-likeness (QED) is 0.784. The number of fused-ring (bicyclic) bond motifs is 1. The van der Waals surface area contributed by atoms with Gasteiger partial charge in [-0.2, -0.15) is 0 Å². The molecular formula is C15H12N2O5S. The van der Waals surface area contributed by atoms with Gasteiger partial charge in [0, 0.05) is 17.8 Å². The average Bonchev–Trinajstić information content (AvgIpc) is 2.88. The van der Waals surface area contributed by atoms with Gasteiger partial charge in [-0.3, -0.25) is 9.52 Å². The summed E-state index contributed by atoms with van der Waals surface area (Å²) in [7, 11) is -3.87. The van der Waals surface area contributed by atoms with Crippen LogP contribution in [0.25, 0.3) is 0 Å². The molecule has 1 amide bonds. The Bertz CT molecular complexity index is 904. The van der Waals surface area contributed by atoms with Crippen molar-refractivity contribution in [2.75, 3.05) is 4.72 Å². The molecule has 2 aromatic carbocycles. The van der Waals surface area contributed by atoms with E-state index in [0.717, 1.165) is 5.56 Å². The van der Waals surface area contributed by atoms with Crippen molar-refractivity contribution in [2.24, 2.45) is 0 Å². The minimum atomic E-state index is -3.87. The minimum absolute atomic E-state index is 0.00171. The Morgan fingerprint density at radius 3 is 2.48 bits per heavy atom. The summed E-state index contributed by atoms with van der Waals surface area (Å²) in [4.78, 5) is 22.3. The molecule has 0 saturated heterocycles. The van der Waals surface area contributed by atoms with Gasteiger partial charge >= 0.3 is 5.97 Å². The zero-order valence-corrected chi connectivity index (χ0v) is 12.6. The highest BCUT2D eigenvalue weighted by Crippen LogP contribution is 2.22. The van der Waals surface area contributed by atoms with E-state index in [1.54, 1.807) is 12.1 Å². The van der Waals surface area contributed by atoms with Gasteiger partial charge < -0.3 is 10.4 Å². The maximum Gasteiger partial charge on any atom is 0.335 e. The van der Waals surface area contributed by atoms with Gasteiger partial charge in [-0.25, -0.2) is 13.2 Å². The predicted molar refractivity (Wildman–Crippen MR) is 81.8 cm³/mol. The van der Waals surface area contributed by atoms with Crippen molar-refractivity contribution < 1.29 is 23.1 Å². The molecule has 0 bridgehead atoms. The molecule has 0 aromatic heterocycles. The third kappa shape index (κ3) is 2.88. The predicted octanol–water partition coefficient (Wildman–Crippen LogP) is 1.43. The molecule has 1 aliphatic heterocycles. The highest BCUT2D eigenvalue weighted by atomic mass is 32.2. The summed E-state index contributed by atoms with van der Waals surface area (Å²) in [6.07, 6.45) is 0. The van der Waals surface area contributed by atoms with Crippen molar-refractivity contribution in [3.05, 3.63) is 59.2 Å². The van der Waals surface area contributed by atoms with Gasteiger partial charge in [0.15, 0.2) is 0 Å². The molecular weight excluding hydrogens is 320 g/mol. The van der Waals surface area contributed by atoms with Crippen LogP contribution in [0.3, 0.4) is 0 Å². The van der Waals surface area contributed by atoms with Gasteiger partial charge in [0.05, 0.1) is 10.5 Å². The molecule has 0 aliphatic carbocycles. The van der Waals surface area contributed by atoms with Crippen molar-refractivity contribution in [1.29, 1.82) is 0 Å². The number of carbonyl (C=O) groups is 2. The van der Waals surface area contributed by atoms with E-state index < -0.39 is 16.0 Å². The van der Waals surface area contributed by atoms with E-state index in [1.807, 2.05) is 0 Å². The van der Waals surface area contributed by atoms with Crippen LogP contribution in [0.4, 0.5) is 5.69 Å². The van der Waals surface area contributed by atoms with E-state index >= 15 is 0 Å². The Kier molecular flexibility index (Phi) is 3.53. The Morgan fingerprint density at radius 1 is 1.13 bits per heavy atom. The molecule has 2 aromatic rings. The summed E-state index contributed by atoms with van der Waals surface area (Å²) in [5.74, 6) is -1.38. The largest absolute Gasteiger partial charge is 0.478 e. The molecule has 0 fully saturated rings. The zero-order valence-electron chi connectivity index (χ0n) is 11.7. The summed E-state index contributed by atoms with van der Waals surface area (Å²) in [5, 5.41) is 11.5. The number of amides is 1. The number of aromatic carboxylic acids is 1. The van der Waals surface area contributed by atoms with Crippen molar-refractivity contribution >= 4 is 27.6 Å². The molecule has 0 saturated carbocycles. The Morgan fingerprint density at radius 2 is 1.83 bits per heavy atom. The lowest BCUT2D eigenvalue weighted by Gasteiger charge is -2.09. The van der Waals surface area contributed by atoms with Crippen molar-refractivity contribution in [3.8, 4) is 0 Å². The van der Waals surface area contributed by atoms with Crippen LogP contribution in [-0.2, 0) is 16.6 Å². The standard InChI is InChI=1S/C15H12N2O5S/c18-14-13-7-11(4-1-10(13)8-16-14)17-23(21,22)12-5-2-9(3-6-12)15(19)20/h1-7,17H,8H2,(H,16,18)(H,19,20). The Balaban J connectivity index is 1.88. The van der Waals surface area contributed by atoms with E-state index in [4.69, 9.17) is 5.11 Å².